The van der Waals surface area contributed by atoms with Gasteiger partial charge in [0.1, 0.15) is 5.75 Å². The minimum Gasteiger partial charge on any atom is -0.507 e. The number of carbonyl (C=O) groups is 2. The maximum atomic E-state index is 13.6. The first kappa shape index (κ1) is 33.2. The van der Waals surface area contributed by atoms with E-state index >= 15 is 0 Å². The second-order valence-electron chi connectivity index (χ2n) is 11.9. The van der Waals surface area contributed by atoms with Gasteiger partial charge in [0.25, 0.3) is 0 Å². The van der Waals surface area contributed by atoms with E-state index < -0.39 is 71.4 Å². The van der Waals surface area contributed by atoms with Crippen LogP contribution in [0.2, 0.25) is 0 Å². The fraction of sp³-hybridized carbons (Fsp3) is 0.353. The number of aromatic hydroxyl groups is 1. The van der Waals surface area contributed by atoms with Gasteiger partial charge >= 0.3 is 12.4 Å². The van der Waals surface area contributed by atoms with Crippen molar-refractivity contribution in [2.24, 2.45) is 17.8 Å². The molecular weight excluding hydrogens is 616 g/mol. The molecule has 244 valence electrons. The average molecular weight is 648 g/mol. The highest BCUT2D eigenvalue weighted by molar-refractivity contribution is 6.22. The SMILES string of the molecule is CC1=C([C@H](O)CC/C(C)=C/c2ccc(O)c3ccccc23)[C@H](CO)[C@@H]2C(=O)N(c3cc(C(F)(F)F)cc(C(F)(F)F)c3)C(=O)[C@@H]2C1. The Morgan fingerprint density at radius 3 is 2.15 bits per heavy atom. The van der Waals surface area contributed by atoms with Gasteiger partial charge in [-0.15, -0.1) is 0 Å². The molecule has 2 amide bonds. The van der Waals surface area contributed by atoms with Gasteiger partial charge in [-0.2, -0.15) is 26.3 Å². The number of benzene rings is 3. The molecule has 0 bridgehead atoms. The smallest absolute Gasteiger partial charge is 0.416 e. The van der Waals surface area contributed by atoms with Crippen LogP contribution < -0.4 is 4.90 Å². The lowest BCUT2D eigenvalue weighted by atomic mass is 9.68. The molecule has 0 saturated carbocycles. The number of aliphatic hydroxyl groups is 2. The molecule has 3 aromatic rings. The Balaban J connectivity index is 1.40. The number of rotatable bonds is 7. The van der Waals surface area contributed by atoms with E-state index in [1.54, 1.807) is 25.1 Å². The van der Waals surface area contributed by atoms with Gasteiger partial charge < -0.3 is 15.3 Å². The van der Waals surface area contributed by atoms with Crippen molar-refractivity contribution in [3.05, 3.63) is 88.0 Å². The third kappa shape index (κ3) is 6.15. The monoisotopic (exact) mass is 647 g/mol. The third-order valence-corrected chi connectivity index (χ3v) is 8.86. The van der Waals surface area contributed by atoms with Gasteiger partial charge in [-0.3, -0.25) is 9.59 Å². The van der Waals surface area contributed by atoms with Crippen LogP contribution in [0, 0.1) is 17.8 Å². The number of alkyl halides is 6. The van der Waals surface area contributed by atoms with Crippen LogP contribution in [0.15, 0.2) is 71.3 Å². The van der Waals surface area contributed by atoms with E-state index in [1.165, 1.54) is 0 Å². The third-order valence-electron chi connectivity index (χ3n) is 8.86. The fourth-order valence-electron chi connectivity index (χ4n) is 6.73. The maximum Gasteiger partial charge on any atom is 0.416 e. The topological polar surface area (TPSA) is 98.1 Å². The number of phenols is 1. The molecule has 1 aliphatic carbocycles. The van der Waals surface area contributed by atoms with E-state index in [0.29, 0.717) is 40.0 Å². The molecule has 0 unspecified atom stereocenters. The Labute approximate surface area is 260 Å². The number of imide groups is 1. The van der Waals surface area contributed by atoms with Crippen LogP contribution in [0.25, 0.3) is 16.8 Å². The van der Waals surface area contributed by atoms with E-state index in [2.05, 4.69) is 0 Å². The molecule has 46 heavy (non-hydrogen) atoms. The summed E-state index contributed by atoms with van der Waals surface area (Å²) in [7, 11) is 0. The predicted octanol–water partition coefficient (Wildman–Crippen LogP) is 7.26. The van der Waals surface area contributed by atoms with Crippen LogP contribution in [0.4, 0.5) is 32.0 Å². The Hall–Kier alpha value is -4.16. The Morgan fingerprint density at radius 1 is 0.957 bits per heavy atom. The molecule has 12 heteroatoms. The van der Waals surface area contributed by atoms with Crippen LogP contribution >= 0.6 is 0 Å². The van der Waals surface area contributed by atoms with E-state index in [4.69, 9.17) is 0 Å². The highest BCUT2D eigenvalue weighted by Gasteiger charge is 2.55. The van der Waals surface area contributed by atoms with Crippen LogP contribution in [-0.2, 0) is 21.9 Å². The molecule has 1 aliphatic heterocycles. The maximum absolute atomic E-state index is 13.6. The van der Waals surface area contributed by atoms with Crippen molar-refractivity contribution < 1.29 is 51.3 Å². The number of carbonyl (C=O) groups excluding carboxylic acids is 2. The quantitative estimate of drug-likeness (QED) is 0.143. The lowest BCUT2D eigenvalue weighted by Gasteiger charge is -2.35. The Morgan fingerprint density at radius 2 is 1.57 bits per heavy atom. The van der Waals surface area contributed by atoms with Crippen molar-refractivity contribution in [3.63, 3.8) is 0 Å². The predicted molar refractivity (Wildman–Crippen MR) is 158 cm³/mol. The minimum atomic E-state index is -5.18. The summed E-state index contributed by atoms with van der Waals surface area (Å²) < 4.78 is 81.1. The molecule has 6 nitrogen and oxygen atoms in total. The second-order valence-corrected chi connectivity index (χ2v) is 11.9. The molecule has 3 N–H and O–H groups in total. The molecule has 3 aromatic carbocycles. The molecule has 5 rings (SSSR count). The van der Waals surface area contributed by atoms with Crippen LogP contribution in [0.5, 0.6) is 5.75 Å². The summed E-state index contributed by atoms with van der Waals surface area (Å²) in [4.78, 5) is 27.4. The van der Waals surface area contributed by atoms with E-state index in [0.717, 1.165) is 16.5 Å². The number of allylic oxidation sites excluding steroid dienone is 2. The summed E-state index contributed by atoms with van der Waals surface area (Å²) in [6, 6.07) is 11.2. The summed E-state index contributed by atoms with van der Waals surface area (Å²) in [6.45, 7) is 2.80. The highest BCUT2D eigenvalue weighted by Crippen LogP contribution is 2.48. The summed E-state index contributed by atoms with van der Waals surface area (Å²) in [5.74, 6) is -5.35. The molecule has 0 aromatic heterocycles. The van der Waals surface area contributed by atoms with E-state index in [-0.39, 0.29) is 24.7 Å². The Bertz CT molecular complexity index is 1730. The van der Waals surface area contributed by atoms with Crippen molar-refractivity contribution in [2.45, 2.75) is 51.6 Å². The van der Waals surface area contributed by atoms with Crippen LogP contribution in [0.1, 0.15) is 49.8 Å². The largest absolute Gasteiger partial charge is 0.507 e. The van der Waals surface area contributed by atoms with Gasteiger partial charge in [0.05, 0.1) is 41.4 Å². The molecular formula is C34H31F6NO5. The van der Waals surface area contributed by atoms with Gasteiger partial charge in [-0.1, -0.05) is 47.6 Å². The van der Waals surface area contributed by atoms with Gasteiger partial charge in [0.2, 0.25) is 11.8 Å². The van der Waals surface area contributed by atoms with Crippen LogP contribution in [-0.4, -0.2) is 39.8 Å². The lowest BCUT2D eigenvalue weighted by molar-refractivity contribution is -0.143. The first-order valence-corrected chi connectivity index (χ1v) is 14.6. The van der Waals surface area contributed by atoms with Crippen molar-refractivity contribution in [1.29, 1.82) is 0 Å². The van der Waals surface area contributed by atoms with E-state index in [1.807, 2.05) is 31.2 Å². The van der Waals surface area contributed by atoms with Crippen molar-refractivity contribution >= 4 is 34.4 Å². The average Bonchev–Trinajstić information content (AvgIpc) is 3.24. The highest BCUT2D eigenvalue weighted by atomic mass is 19.4. The molecule has 1 saturated heterocycles. The van der Waals surface area contributed by atoms with Crippen LogP contribution in [0.3, 0.4) is 0 Å². The van der Waals surface area contributed by atoms with E-state index in [9.17, 15) is 51.3 Å². The number of aliphatic hydroxyl groups excluding tert-OH is 2. The van der Waals surface area contributed by atoms with Gasteiger partial charge in [-0.25, -0.2) is 4.90 Å². The molecule has 1 heterocycles. The fourth-order valence-corrected chi connectivity index (χ4v) is 6.73. The summed E-state index contributed by atoms with van der Waals surface area (Å²) in [5.41, 5.74) is -1.61. The first-order chi connectivity index (χ1) is 21.5. The van der Waals surface area contributed by atoms with Crippen molar-refractivity contribution in [1.82, 2.24) is 0 Å². The zero-order chi connectivity index (χ0) is 33.7. The zero-order valence-corrected chi connectivity index (χ0v) is 24.8. The molecule has 1 fully saturated rings. The Kier molecular flexibility index (Phi) is 8.82. The number of hydrogen-bond acceptors (Lipinski definition) is 5. The van der Waals surface area contributed by atoms with Crippen molar-refractivity contribution in [2.75, 3.05) is 11.5 Å². The molecule has 2 aliphatic rings. The number of phenolic OH excluding ortho intramolecular Hbond substituents is 1. The van der Waals surface area contributed by atoms with Gasteiger partial charge in [-0.05, 0) is 73.9 Å². The zero-order valence-electron chi connectivity index (χ0n) is 24.8. The lowest BCUT2D eigenvalue weighted by Crippen LogP contribution is -2.38. The first-order valence-electron chi connectivity index (χ1n) is 14.6. The molecule has 0 radical (unpaired) electrons. The number of nitrogens with zero attached hydrogens (tertiary/aromatic N) is 1. The number of halogens is 6. The summed E-state index contributed by atoms with van der Waals surface area (Å²) in [5, 5.41) is 33.3. The number of anilines is 1. The standard InChI is InChI=1S/C34H31F6NO5/c1-17(11-19-8-10-27(43)24-6-4-3-5-23(19)24)7-9-28(44)29-18(2)12-25-30(26(29)16-42)32(46)41(31(25)45)22-14-20(33(35,36)37)13-21(15-22)34(38,39)40/h3-6,8,10-11,13-15,25-26,28,30,42-44H,7,9,12,16H2,1-2H3/b17-11+/t25-,26+,28-,30-/m1/s1. The molecule has 4 atom stereocenters. The van der Waals surface area contributed by atoms with Gasteiger partial charge in [0.15, 0.2) is 0 Å². The number of hydrogen-bond donors (Lipinski definition) is 3. The van der Waals surface area contributed by atoms with Gasteiger partial charge in [0, 0.05) is 11.3 Å². The second kappa shape index (κ2) is 12.2. The summed E-state index contributed by atoms with van der Waals surface area (Å²) >= 11 is 0. The molecule has 0 spiro atoms. The number of amides is 2. The van der Waals surface area contributed by atoms with Crippen molar-refractivity contribution in [3.8, 4) is 5.75 Å². The number of fused-ring (bicyclic) bond motifs is 2. The minimum absolute atomic E-state index is 0.0615. The normalized spacial score (nSPS) is 21.7. The summed E-state index contributed by atoms with van der Waals surface area (Å²) in [6.07, 6.45) is -9.10.